The summed E-state index contributed by atoms with van der Waals surface area (Å²) in [5, 5.41) is 3.39. The van der Waals surface area contributed by atoms with Crippen LogP contribution >= 0.6 is 0 Å². The summed E-state index contributed by atoms with van der Waals surface area (Å²) in [5.74, 6) is -0.0276. The van der Waals surface area contributed by atoms with Crippen LogP contribution in [0.4, 0.5) is 5.69 Å². The summed E-state index contributed by atoms with van der Waals surface area (Å²) in [5.41, 5.74) is 3.45. The summed E-state index contributed by atoms with van der Waals surface area (Å²) in [6.45, 7) is 3.23. The zero-order valence-corrected chi connectivity index (χ0v) is 15.4. The van der Waals surface area contributed by atoms with Crippen molar-refractivity contribution >= 4 is 17.5 Å². The Kier molecular flexibility index (Phi) is 5.10. The number of likely N-dealkylation sites (tertiary alicyclic amines) is 1. The lowest BCUT2D eigenvalue weighted by molar-refractivity contribution is -0.136. The predicted octanol–water partition coefficient (Wildman–Crippen LogP) is 2.53. The Bertz CT molecular complexity index is 821. The Balaban J connectivity index is 1.37. The first kappa shape index (κ1) is 17.6. The van der Waals surface area contributed by atoms with Gasteiger partial charge in [-0.05, 0) is 23.6 Å². The summed E-state index contributed by atoms with van der Waals surface area (Å²) in [6, 6.07) is 18.3. The van der Waals surface area contributed by atoms with Crippen molar-refractivity contribution in [1.82, 2.24) is 9.80 Å². The number of amides is 2. The molecular formula is C22H25N3O2. The van der Waals surface area contributed by atoms with Gasteiger partial charge in [0.1, 0.15) is 0 Å². The SMILES string of the molecule is O=C1C[C@@H](C(=O)N2CCNc3ccccc3C2)CN1CCc1ccccc1. The molecule has 0 aromatic heterocycles. The average Bonchev–Trinajstić information content (AvgIpc) is 2.94. The van der Waals surface area contributed by atoms with Crippen LogP contribution in [0.15, 0.2) is 54.6 Å². The highest BCUT2D eigenvalue weighted by Crippen LogP contribution is 2.25. The molecule has 0 radical (unpaired) electrons. The molecule has 2 aromatic rings. The molecular weight excluding hydrogens is 338 g/mol. The van der Waals surface area contributed by atoms with Crippen molar-refractivity contribution in [1.29, 1.82) is 0 Å². The summed E-state index contributed by atoms with van der Waals surface area (Å²) >= 11 is 0. The number of anilines is 1. The topological polar surface area (TPSA) is 52.7 Å². The van der Waals surface area contributed by atoms with Crippen LogP contribution in [0, 0.1) is 5.92 Å². The molecule has 0 unspecified atom stereocenters. The molecule has 5 heteroatoms. The van der Waals surface area contributed by atoms with Gasteiger partial charge in [0.25, 0.3) is 0 Å². The van der Waals surface area contributed by atoms with Gasteiger partial charge in [-0.1, -0.05) is 48.5 Å². The minimum Gasteiger partial charge on any atom is -0.383 e. The molecule has 1 atom stereocenters. The molecule has 2 heterocycles. The lowest BCUT2D eigenvalue weighted by Crippen LogP contribution is -2.38. The lowest BCUT2D eigenvalue weighted by atomic mass is 10.1. The van der Waals surface area contributed by atoms with Gasteiger partial charge in [0.2, 0.25) is 11.8 Å². The van der Waals surface area contributed by atoms with E-state index in [1.54, 1.807) is 0 Å². The maximum Gasteiger partial charge on any atom is 0.228 e. The number of hydrogen-bond acceptors (Lipinski definition) is 3. The van der Waals surface area contributed by atoms with Crippen molar-refractivity contribution in [2.45, 2.75) is 19.4 Å². The number of nitrogens with one attached hydrogen (secondary N) is 1. The van der Waals surface area contributed by atoms with Gasteiger partial charge in [-0.15, -0.1) is 0 Å². The molecule has 5 nitrogen and oxygen atoms in total. The van der Waals surface area contributed by atoms with Crippen molar-refractivity contribution < 1.29 is 9.59 Å². The molecule has 0 spiro atoms. The fourth-order valence-electron chi connectivity index (χ4n) is 3.95. The maximum atomic E-state index is 13.0. The summed E-state index contributed by atoms with van der Waals surface area (Å²) < 4.78 is 0. The number of para-hydroxylation sites is 1. The second-order valence-electron chi connectivity index (χ2n) is 7.32. The van der Waals surface area contributed by atoms with E-state index in [1.165, 1.54) is 5.56 Å². The van der Waals surface area contributed by atoms with E-state index < -0.39 is 0 Å². The van der Waals surface area contributed by atoms with Gasteiger partial charge in [-0.3, -0.25) is 9.59 Å². The van der Waals surface area contributed by atoms with Crippen LogP contribution in [-0.4, -0.2) is 47.8 Å². The molecule has 2 aromatic carbocycles. The highest BCUT2D eigenvalue weighted by Gasteiger charge is 2.36. The molecule has 2 aliphatic heterocycles. The minimum atomic E-state index is -0.224. The van der Waals surface area contributed by atoms with Gasteiger partial charge < -0.3 is 15.1 Å². The minimum absolute atomic E-state index is 0.0950. The van der Waals surface area contributed by atoms with Crippen LogP contribution in [0.25, 0.3) is 0 Å². The van der Waals surface area contributed by atoms with Crippen molar-refractivity contribution in [3.63, 3.8) is 0 Å². The van der Waals surface area contributed by atoms with Crippen molar-refractivity contribution in [2.24, 2.45) is 5.92 Å². The maximum absolute atomic E-state index is 13.0. The molecule has 1 fully saturated rings. The molecule has 4 rings (SSSR count). The Labute approximate surface area is 160 Å². The normalized spacial score (nSPS) is 19.4. The van der Waals surface area contributed by atoms with E-state index >= 15 is 0 Å². The Morgan fingerprint density at radius 3 is 2.70 bits per heavy atom. The van der Waals surface area contributed by atoms with Crippen molar-refractivity contribution in [2.75, 3.05) is 31.5 Å². The van der Waals surface area contributed by atoms with E-state index in [4.69, 9.17) is 0 Å². The van der Waals surface area contributed by atoms with Gasteiger partial charge >= 0.3 is 0 Å². The van der Waals surface area contributed by atoms with Crippen LogP contribution < -0.4 is 5.32 Å². The number of carbonyl (C=O) groups excluding carboxylic acids is 2. The molecule has 0 bridgehead atoms. The second kappa shape index (κ2) is 7.82. The third-order valence-electron chi connectivity index (χ3n) is 5.46. The number of fused-ring (bicyclic) bond motifs is 1. The largest absolute Gasteiger partial charge is 0.383 e. The van der Waals surface area contributed by atoms with E-state index in [2.05, 4.69) is 23.5 Å². The Morgan fingerprint density at radius 1 is 1.07 bits per heavy atom. The van der Waals surface area contributed by atoms with Crippen LogP contribution in [0.1, 0.15) is 17.5 Å². The van der Waals surface area contributed by atoms with Crippen LogP contribution in [-0.2, 0) is 22.6 Å². The Hall–Kier alpha value is -2.82. The van der Waals surface area contributed by atoms with Gasteiger partial charge in [-0.25, -0.2) is 0 Å². The molecule has 2 amide bonds. The van der Waals surface area contributed by atoms with Crippen LogP contribution in [0.5, 0.6) is 0 Å². The van der Waals surface area contributed by atoms with Gasteiger partial charge in [0.15, 0.2) is 0 Å². The van der Waals surface area contributed by atoms with Gasteiger partial charge in [0, 0.05) is 44.8 Å². The van der Waals surface area contributed by atoms with Crippen molar-refractivity contribution in [3.05, 3.63) is 65.7 Å². The quantitative estimate of drug-likeness (QED) is 0.908. The number of rotatable bonds is 4. The van der Waals surface area contributed by atoms with Crippen molar-refractivity contribution in [3.8, 4) is 0 Å². The van der Waals surface area contributed by atoms with E-state index in [9.17, 15) is 9.59 Å². The zero-order chi connectivity index (χ0) is 18.6. The summed E-state index contributed by atoms with van der Waals surface area (Å²) in [7, 11) is 0. The van der Waals surface area contributed by atoms with Gasteiger partial charge in [0.05, 0.1) is 5.92 Å². The molecule has 1 N–H and O–H groups in total. The average molecular weight is 363 g/mol. The summed E-state index contributed by atoms with van der Waals surface area (Å²) in [4.78, 5) is 29.2. The molecule has 0 aliphatic carbocycles. The molecule has 0 saturated carbocycles. The second-order valence-corrected chi connectivity index (χ2v) is 7.32. The molecule has 1 saturated heterocycles. The first-order valence-corrected chi connectivity index (χ1v) is 9.63. The molecule has 27 heavy (non-hydrogen) atoms. The standard InChI is InChI=1S/C22H25N3O2/c26-21-14-19(16-24(21)12-10-17-6-2-1-3-7-17)22(27)25-13-11-23-20-9-5-4-8-18(20)15-25/h1-9,19,23H,10-16H2/t19-/m1/s1. The highest BCUT2D eigenvalue weighted by atomic mass is 16.2. The zero-order valence-electron chi connectivity index (χ0n) is 15.4. The third-order valence-corrected chi connectivity index (χ3v) is 5.46. The number of nitrogens with zero attached hydrogens (tertiary/aromatic N) is 2. The number of hydrogen-bond donors (Lipinski definition) is 1. The van der Waals surface area contributed by atoms with E-state index in [0.717, 1.165) is 24.2 Å². The summed E-state index contributed by atoms with van der Waals surface area (Å²) in [6.07, 6.45) is 1.16. The van der Waals surface area contributed by atoms with Crippen LogP contribution in [0.3, 0.4) is 0 Å². The van der Waals surface area contributed by atoms with Crippen LogP contribution in [0.2, 0.25) is 0 Å². The lowest BCUT2D eigenvalue weighted by Gasteiger charge is -2.24. The fraction of sp³-hybridized carbons (Fsp3) is 0.364. The van der Waals surface area contributed by atoms with E-state index in [-0.39, 0.29) is 17.7 Å². The first-order chi connectivity index (χ1) is 13.2. The fourth-order valence-corrected chi connectivity index (χ4v) is 3.95. The van der Waals surface area contributed by atoms with E-state index in [0.29, 0.717) is 32.6 Å². The third kappa shape index (κ3) is 3.97. The number of benzene rings is 2. The highest BCUT2D eigenvalue weighted by molar-refractivity contribution is 5.89. The monoisotopic (exact) mass is 363 g/mol. The van der Waals surface area contributed by atoms with E-state index in [1.807, 2.05) is 46.2 Å². The first-order valence-electron chi connectivity index (χ1n) is 9.63. The molecule has 2 aliphatic rings. The Morgan fingerprint density at radius 2 is 1.85 bits per heavy atom. The smallest absolute Gasteiger partial charge is 0.228 e. The number of carbonyl (C=O) groups is 2. The predicted molar refractivity (Wildman–Crippen MR) is 105 cm³/mol. The molecule has 140 valence electrons. The van der Waals surface area contributed by atoms with Gasteiger partial charge in [-0.2, -0.15) is 0 Å².